The maximum atomic E-state index is 13.3. The number of carbonyl (C=O) groups is 3. The van der Waals surface area contributed by atoms with Crippen molar-refractivity contribution in [1.29, 1.82) is 0 Å². The number of benzene rings is 1. The van der Waals surface area contributed by atoms with Crippen LogP contribution in [0.5, 0.6) is 0 Å². The van der Waals surface area contributed by atoms with Gasteiger partial charge >= 0.3 is 12.1 Å². The van der Waals surface area contributed by atoms with Crippen LogP contribution in [0.4, 0.5) is 4.79 Å². The van der Waals surface area contributed by atoms with Gasteiger partial charge in [-0.05, 0) is 45.6 Å². The molecule has 0 aliphatic carbocycles. The highest BCUT2D eigenvalue weighted by atomic mass is 16.6. The van der Waals surface area contributed by atoms with Crippen molar-refractivity contribution in [3.8, 4) is 0 Å². The van der Waals surface area contributed by atoms with Crippen molar-refractivity contribution in [2.75, 3.05) is 0 Å². The summed E-state index contributed by atoms with van der Waals surface area (Å²) in [6.45, 7) is 11.3. The summed E-state index contributed by atoms with van der Waals surface area (Å²) in [4.78, 5) is 39.4. The Morgan fingerprint density at radius 1 is 1.21 bits per heavy atom. The van der Waals surface area contributed by atoms with Gasteiger partial charge in [0.15, 0.2) is 0 Å². The Labute approximate surface area is 173 Å². The zero-order valence-electron chi connectivity index (χ0n) is 18.3. The van der Waals surface area contributed by atoms with Crippen molar-refractivity contribution in [2.24, 2.45) is 11.8 Å². The van der Waals surface area contributed by atoms with Crippen molar-refractivity contribution in [3.63, 3.8) is 0 Å². The van der Waals surface area contributed by atoms with Crippen LogP contribution in [0.3, 0.4) is 0 Å². The summed E-state index contributed by atoms with van der Waals surface area (Å²) in [5.74, 6) is -1.18. The monoisotopic (exact) mass is 403 g/mol. The average molecular weight is 404 g/mol. The van der Waals surface area contributed by atoms with Crippen molar-refractivity contribution in [2.45, 2.75) is 78.6 Å². The van der Waals surface area contributed by atoms with Crippen LogP contribution in [-0.2, 0) is 19.1 Å². The van der Waals surface area contributed by atoms with E-state index in [9.17, 15) is 14.4 Å². The Hall–Kier alpha value is -2.37. The molecule has 1 fully saturated rings. The SMILES string of the molecule is CCC(C)CC(CC(=O)OC(C)(C)C)C(=O)N1C(=O)O[C@@H](c2ccccc2)[C@H]1C. The zero-order chi connectivity index (χ0) is 21.8. The van der Waals surface area contributed by atoms with E-state index in [4.69, 9.17) is 9.47 Å². The molecule has 160 valence electrons. The molecule has 29 heavy (non-hydrogen) atoms. The van der Waals surface area contributed by atoms with Crippen LogP contribution in [0, 0.1) is 11.8 Å². The predicted octanol–water partition coefficient (Wildman–Crippen LogP) is 4.88. The molecule has 0 radical (unpaired) electrons. The van der Waals surface area contributed by atoms with Gasteiger partial charge in [0, 0.05) is 5.92 Å². The Morgan fingerprint density at radius 3 is 2.38 bits per heavy atom. The van der Waals surface area contributed by atoms with Gasteiger partial charge in [0.2, 0.25) is 5.91 Å². The molecule has 2 rings (SSSR count). The van der Waals surface area contributed by atoms with E-state index in [-0.39, 0.29) is 18.2 Å². The van der Waals surface area contributed by atoms with Crippen LogP contribution in [0.1, 0.15) is 72.5 Å². The molecule has 0 spiro atoms. The highest BCUT2D eigenvalue weighted by Gasteiger charge is 2.45. The summed E-state index contributed by atoms with van der Waals surface area (Å²) in [7, 11) is 0. The van der Waals surface area contributed by atoms with Gasteiger partial charge in [-0.3, -0.25) is 9.59 Å². The molecular weight excluding hydrogens is 370 g/mol. The largest absolute Gasteiger partial charge is 0.460 e. The van der Waals surface area contributed by atoms with Crippen LogP contribution in [-0.4, -0.2) is 34.5 Å². The minimum atomic E-state index is -0.658. The first-order chi connectivity index (χ1) is 13.5. The highest BCUT2D eigenvalue weighted by Crippen LogP contribution is 2.34. The molecule has 0 saturated carbocycles. The maximum absolute atomic E-state index is 13.3. The first kappa shape index (κ1) is 22.9. The van der Waals surface area contributed by atoms with Crippen LogP contribution < -0.4 is 0 Å². The molecule has 1 aromatic carbocycles. The number of hydrogen-bond acceptors (Lipinski definition) is 5. The quantitative estimate of drug-likeness (QED) is 0.607. The topological polar surface area (TPSA) is 72.9 Å². The summed E-state index contributed by atoms with van der Waals surface area (Å²) in [6.07, 6.45) is 0.173. The Bertz CT molecular complexity index is 725. The molecule has 4 atom stereocenters. The number of esters is 1. The van der Waals surface area contributed by atoms with E-state index in [0.717, 1.165) is 12.0 Å². The molecule has 1 aliphatic heterocycles. The molecule has 0 aromatic heterocycles. The van der Waals surface area contributed by atoms with Crippen LogP contribution in [0.25, 0.3) is 0 Å². The zero-order valence-corrected chi connectivity index (χ0v) is 18.3. The Kier molecular flexibility index (Phi) is 7.44. The lowest BCUT2D eigenvalue weighted by Crippen LogP contribution is -2.43. The van der Waals surface area contributed by atoms with E-state index in [0.29, 0.717) is 6.42 Å². The third-order valence-corrected chi connectivity index (χ3v) is 5.20. The van der Waals surface area contributed by atoms with Gasteiger partial charge in [-0.15, -0.1) is 0 Å². The molecule has 0 bridgehead atoms. The Morgan fingerprint density at radius 2 is 1.83 bits per heavy atom. The van der Waals surface area contributed by atoms with Crippen LogP contribution in [0.15, 0.2) is 30.3 Å². The number of amides is 2. The lowest BCUT2D eigenvalue weighted by molar-refractivity contribution is -0.158. The fourth-order valence-electron chi connectivity index (χ4n) is 3.55. The molecule has 6 nitrogen and oxygen atoms in total. The molecular formula is C23H33NO5. The fraction of sp³-hybridized carbons (Fsp3) is 0.609. The van der Waals surface area contributed by atoms with Gasteiger partial charge in [0.25, 0.3) is 0 Å². The number of ether oxygens (including phenoxy) is 2. The number of nitrogens with zero attached hydrogens (tertiary/aromatic N) is 1. The first-order valence-corrected chi connectivity index (χ1v) is 10.3. The first-order valence-electron chi connectivity index (χ1n) is 10.3. The van der Waals surface area contributed by atoms with Crippen molar-refractivity contribution in [1.82, 2.24) is 4.90 Å². The summed E-state index contributed by atoms with van der Waals surface area (Å²) in [5, 5.41) is 0. The predicted molar refractivity (Wildman–Crippen MR) is 110 cm³/mol. The standard InChI is InChI=1S/C23H33NO5/c1-7-15(2)13-18(14-19(25)29-23(4,5)6)21(26)24-16(3)20(28-22(24)27)17-11-9-8-10-12-17/h8-12,15-16,18,20H,7,13-14H2,1-6H3/t15?,16-,18?,20-/m1/s1. The summed E-state index contributed by atoms with van der Waals surface area (Å²) in [6, 6.07) is 8.93. The number of rotatable bonds is 7. The summed E-state index contributed by atoms with van der Waals surface area (Å²) < 4.78 is 10.9. The lowest BCUT2D eigenvalue weighted by Gasteiger charge is -2.27. The van der Waals surface area contributed by atoms with E-state index in [1.165, 1.54) is 4.90 Å². The number of cyclic esters (lactones) is 1. The number of imide groups is 1. The molecule has 1 aliphatic rings. The van der Waals surface area contributed by atoms with Crippen molar-refractivity contribution >= 4 is 18.0 Å². The van der Waals surface area contributed by atoms with E-state index in [1.54, 1.807) is 27.7 Å². The Balaban J connectivity index is 2.20. The van der Waals surface area contributed by atoms with Gasteiger partial charge in [0.1, 0.15) is 11.7 Å². The van der Waals surface area contributed by atoms with Gasteiger partial charge in [-0.1, -0.05) is 50.6 Å². The highest BCUT2D eigenvalue weighted by molar-refractivity contribution is 5.96. The van der Waals surface area contributed by atoms with E-state index in [1.807, 2.05) is 44.2 Å². The number of carbonyl (C=O) groups excluding carboxylic acids is 3. The van der Waals surface area contributed by atoms with Gasteiger partial charge in [0.05, 0.1) is 12.5 Å². The van der Waals surface area contributed by atoms with Crippen LogP contribution in [0.2, 0.25) is 0 Å². The fourth-order valence-corrected chi connectivity index (χ4v) is 3.55. The third-order valence-electron chi connectivity index (χ3n) is 5.20. The molecule has 1 heterocycles. The van der Waals surface area contributed by atoms with Gasteiger partial charge in [-0.25, -0.2) is 9.69 Å². The summed E-state index contributed by atoms with van der Waals surface area (Å²) in [5.41, 5.74) is 0.216. The molecule has 0 N–H and O–H groups in total. The van der Waals surface area contributed by atoms with E-state index in [2.05, 4.69) is 0 Å². The second-order valence-corrected chi connectivity index (χ2v) is 8.90. The van der Waals surface area contributed by atoms with Gasteiger partial charge in [-0.2, -0.15) is 0 Å². The van der Waals surface area contributed by atoms with Crippen molar-refractivity contribution < 1.29 is 23.9 Å². The minimum absolute atomic E-state index is 0.0487. The van der Waals surface area contributed by atoms with Crippen LogP contribution >= 0.6 is 0 Å². The molecule has 2 unspecified atom stereocenters. The van der Waals surface area contributed by atoms with E-state index >= 15 is 0 Å². The number of hydrogen-bond donors (Lipinski definition) is 0. The average Bonchev–Trinajstić information content (AvgIpc) is 2.94. The van der Waals surface area contributed by atoms with E-state index < -0.39 is 35.7 Å². The minimum Gasteiger partial charge on any atom is -0.460 e. The smallest absolute Gasteiger partial charge is 0.417 e. The summed E-state index contributed by atoms with van der Waals surface area (Å²) >= 11 is 0. The molecule has 2 amide bonds. The lowest BCUT2D eigenvalue weighted by atomic mass is 9.90. The second-order valence-electron chi connectivity index (χ2n) is 8.90. The molecule has 1 saturated heterocycles. The van der Waals surface area contributed by atoms with Crippen molar-refractivity contribution in [3.05, 3.63) is 35.9 Å². The van der Waals surface area contributed by atoms with Gasteiger partial charge < -0.3 is 9.47 Å². The third kappa shape index (κ3) is 6.05. The second kappa shape index (κ2) is 9.42. The molecule has 6 heteroatoms. The maximum Gasteiger partial charge on any atom is 0.417 e. The molecule has 1 aromatic rings. The normalized spacial score (nSPS) is 21.4.